The van der Waals surface area contributed by atoms with Crippen molar-refractivity contribution in [3.63, 3.8) is 0 Å². The fraction of sp³-hybridized carbons (Fsp3) is 0.0769. The average Bonchev–Trinajstić information content (AvgIpc) is 2.83. The standard InChI is InChI=1S/C26H12Br2N2O4/c1-29-23(31)11-5-3-9-20-16(28)8-14-18-12(24(32)30(2)26(14)34)6-4-10(22(18)20)19-15(27)7-13(25(29)33)17(11)21(9)19/h3-8H,1-2H3. The molecule has 5 aromatic carbocycles. The Kier molecular flexibility index (Phi) is 3.65. The van der Waals surface area contributed by atoms with Gasteiger partial charge in [0, 0.05) is 77.6 Å². The first-order valence-corrected chi connectivity index (χ1v) is 12.0. The van der Waals surface area contributed by atoms with Gasteiger partial charge >= 0.3 is 0 Å². The summed E-state index contributed by atoms with van der Waals surface area (Å²) in [5.74, 6) is -1.38. The van der Waals surface area contributed by atoms with Crippen LogP contribution in [0.25, 0.3) is 43.1 Å². The minimum Gasteiger partial charge on any atom is -0.277 e. The minimum atomic E-state index is -0.351. The first kappa shape index (κ1) is 20.1. The molecule has 0 saturated heterocycles. The number of amides is 4. The number of hydrogen-bond acceptors (Lipinski definition) is 4. The maximum absolute atomic E-state index is 13.0. The van der Waals surface area contributed by atoms with Crippen LogP contribution < -0.4 is 0 Å². The van der Waals surface area contributed by atoms with Gasteiger partial charge in [-0.1, -0.05) is 44.0 Å². The highest BCUT2D eigenvalue weighted by Gasteiger charge is 2.36. The molecule has 0 radical (unpaired) electrons. The summed E-state index contributed by atoms with van der Waals surface area (Å²) in [5, 5.41) is 6.21. The predicted molar refractivity (Wildman–Crippen MR) is 136 cm³/mol. The Balaban J connectivity index is 1.83. The van der Waals surface area contributed by atoms with Gasteiger partial charge < -0.3 is 0 Å². The number of hydrogen-bond donors (Lipinski definition) is 0. The van der Waals surface area contributed by atoms with E-state index < -0.39 is 0 Å². The van der Waals surface area contributed by atoms with E-state index in [1.165, 1.54) is 14.1 Å². The second kappa shape index (κ2) is 6.20. The minimum absolute atomic E-state index is 0.341. The normalized spacial score (nSPS) is 15.8. The van der Waals surface area contributed by atoms with Gasteiger partial charge in [-0.05, 0) is 35.0 Å². The smallest absolute Gasteiger partial charge is 0.261 e. The van der Waals surface area contributed by atoms with E-state index in [1.54, 1.807) is 24.3 Å². The van der Waals surface area contributed by atoms with Crippen molar-refractivity contribution in [2.24, 2.45) is 0 Å². The Bertz CT molecular complexity index is 1750. The molecule has 0 N–H and O–H groups in total. The number of carbonyl (C=O) groups is 4. The molecule has 0 spiro atoms. The summed E-state index contributed by atoms with van der Waals surface area (Å²) < 4.78 is 1.41. The van der Waals surface area contributed by atoms with E-state index in [1.807, 2.05) is 12.1 Å². The van der Waals surface area contributed by atoms with Crippen molar-refractivity contribution in [1.82, 2.24) is 9.80 Å². The quantitative estimate of drug-likeness (QED) is 0.135. The monoisotopic (exact) mass is 574 g/mol. The molecule has 0 aliphatic carbocycles. The maximum Gasteiger partial charge on any atom is 0.261 e. The number of carbonyl (C=O) groups excluding carboxylic acids is 4. The molecule has 0 fully saturated rings. The number of fused-ring (bicyclic) bond motifs is 2. The molecule has 0 bridgehead atoms. The molecule has 0 atom stereocenters. The number of nitrogens with zero attached hydrogens (tertiary/aromatic N) is 2. The summed E-state index contributed by atoms with van der Waals surface area (Å²) in [7, 11) is 2.97. The van der Waals surface area contributed by atoms with Crippen LogP contribution in [0.4, 0.5) is 0 Å². The second-order valence-corrected chi connectivity index (χ2v) is 10.4. The second-order valence-electron chi connectivity index (χ2n) is 8.72. The van der Waals surface area contributed by atoms with E-state index in [0.29, 0.717) is 42.0 Å². The molecule has 34 heavy (non-hydrogen) atoms. The number of imide groups is 2. The van der Waals surface area contributed by atoms with Crippen LogP contribution in [0.5, 0.6) is 0 Å². The number of benzene rings is 5. The lowest BCUT2D eigenvalue weighted by atomic mass is 9.82. The van der Waals surface area contributed by atoms with Crippen LogP contribution in [-0.4, -0.2) is 47.5 Å². The first-order chi connectivity index (χ1) is 16.2. The fourth-order valence-corrected chi connectivity index (χ4v) is 6.89. The van der Waals surface area contributed by atoms with Gasteiger partial charge in [0.25, 0.3) is 23.6 Å². The van der Waals surface area contributed by atoms with E-state index in [9.17, 15) is 19.2 Å². The highest BCUT2D eigenvalue weighted by atomic mass is 79.9. The Morgan fingerprint density at radius 1 is 0.500 bits per heavy atom. The predicted octanol–water partition coefficient (Wildman–Crippen LogP) is 5.71. The van der Waals surface area contributed by atoms with E-state index in [0.717, 1.165) is 42.1 Å². The van der Waals surface area contributed by atoms with Gasteiger partial charge in [0.2, 0.25) is 0 Å². The lowest BCUT2D eigenvalue weighted by molar-refractivity contribution is 0.0635. The number of halogens is 2. The molecule has 7 rings (SSSR count). The van der Waals surface area contributed by atoms with Gasteiger partial charge in [0.05, 0.1) is 0 Å². The molecule has 4 amide bonds. The van der Waals surface area contributed by atoms with Crippen molar-refractivity contribution in [3.05, 3.63) is 67.6 Å². The van der Waals surface area contributed by atoms with Crippen LogP contribution in [-0.2, 0) is 0 Å². The van der Waals surface area contributed by atoms with Crippen LogP contribution in [0.3, 0.4) is 0 Å². The van der Waals surface area contributed by atoms with Crippen LogP contribution in [0.1, 0.15) is 41.4 Å². The fourth-order valence-electron chi connectivity index (χ4n) is 5.61. The number of rotatable bonds is 0. The third-order valence-electron chi connectivity index (χ3n) is 7.15. The summed E-state index contributed by atoms with van der Waals surface area (Å²) in [6.45, 7) is 0. The highest BCUT2D eigenvalue weighted by Crippen LogP contribution is 2.50. The molecular weight excluding hydrogens is 564 g/mol. The summed E-state index contributed by atoms with van der Waals surface area (Å²) >= 11 is 7.35. The lowest BCUT2D eigenvalue weighted by Crippen LogP contribution is -2.37. The molecule has 164 valence electrons. The van der Waals surface area contributed by atoms with Gasteiger partial charge in [-0.15, -0.1) is 0 Å². The molecule has 5 aromatic rings. The highest BCUT2D eigenvalue weighted by molar-refractivity contribution is 9.11. The van der Waals surface area contributed by atoms with E-state index in [-0.39, 0.29) is 23.6 Å². The molecule has 2 heterocycles. The maximum atomic E-state index is 13.0. The van der Waals surface area contributed by atoms with Crippen molar-refractivity contribution in [2.75, 3.05) is 14.1 Å². The Hall–Kier alpha value is -3.36. The zero-order valence-electron chi connectivity index (χ0n) is 17.7. The van der Waals surface area contributed by atoms with Crippen molar-refractivity contribution in [1.29, 1.82) is 0 Å². The van der Waals surface area contributed by atoms with Gasteiger partial charge in [0.15, 0.2) is 0 Å². The van der Waals surface area contributed by atoms with Crippen LogP contribution in [0, 0.1) is 0 Å². The lowest BCUT2D eigenvalue weighted by Gasteiger charge is -2.28. The van der Waals surface area contributed by atoms with Gasteiger partial charge in [0.1, 0.15) is 0 Å². The van der Waals surface area contributed by atoms with Crippen LogP contribution in [0.15, 0.2) is 45.3 Å². The molecule has 0 saturated carbocycles. The molecule has 2 aliphatic rings. The average molecular weight is 576 g/mol. The van der Waals surface area contributed by atoms with Crippen molar-refractivity contribution in [3.8, 4) is 0 Å². The first-order valence-electron chi connectivity index (χ1n) is 10.5. The van der Waals surface area contributed by atoms with Gasteiger partial charge in [-0.25, -0.2) is 0 Å². The van der Waals surface area contributed by atoms with Gasteiger partial charge in [-0.2, -0.15) is 0 Å². The Morgan fingerprint density at radius 3 is 1.24 bits per heavy atom. The topological polar surface area (TPSA) is 74.8 Å². The van der Waals surface area contributed by atoms with E-state index in [4.69, 9.17) is 0 Å². The summed E-state index contributed by atoms with van der Waals surface area (Å²) in [6, 6.07) is 10.8. The third-order valence-corrected chi connectivity index (χ3v) is 8.40. The SMILES string of the molecule is CN1C(=O)c2ccc3c4c(Br)cc5c6c(ccc(c7c(Br)cc(c2c37)C1=O)c64)C(=O)N(C)C5=O. The summed E-state index contributed by atoms with van der Waals surface area (Å²) in [4.78, 5) is 54.3. The van der Waals surface area contributed by atoms with Gasteiger partial charge in [-0.3, -0.25) is 29.0 Å². The Labute approximate surface area is 208 Å². The zero-order valence-corrected chi connectivity index (χ0v) is 20.9. The molecule has 6 nitrogen and oxygen atoms in total. The Morgan fingerprint density at radius 2 is 0.853 bits per heavy atom. The summed E-state index contributed by atoms with van der Waals surface area (Å²) in [6.07, 6.45) is 0. The van der Waals surface area contributed by atoms with Crippen LogP contribution >= 0.6 is 31.9 Å². The summed E-state index contributed by atoms with van der Waals surface area (Å²) in [5.41, 5.74) is 1.87. The van der Waals surface area contributed by atoms with Crippen LogP contribution in [0.2, 0.25) is 0 Å². The van der Waals surface area contributed by atoms with E-state index >= 15 is 0 Å². The van der Waals surface area contributed by atoms with Crippen molar-refractivity contribution < 1.29 is 19.2 Å². The van der Waals surface area contributed by atoms with Crippen molar-refractivity contribution in [2.45, 2.75) is 0 Å². The molecule has 8 heteroatoms. The molecule has 2 aliphatic heterocycles. The zero-order chi connectivity index (χ0) is 23.8. The van der Waals surface area contributed by atoms with Crippen molar-refractivity contribution >= 4 is 98.6 Å². The third kappa shape index (κ3) is 2.08. The van der Waals surface area contributed by atoms with E-state index in [2.05, 4.69) is 31.9 Å². The molecular formula is C26H12Br2N2O4. The molecule has 0 aromatic heterocycles. The largest absolute Gasteiger partial charge is 0.277 e. The molecule has 0 unspecified atom stereocenters.